The van der Waals surface area contributed by atoms with Crippen molar-refractivity contribution in [3.05, 3.63) is 20.8 Å². The van der Waals surface area contributed by atoms with Gasteiger partial charge in [0.25, 0.3) is 0 Å². The van der Waals surface area contributed by atoms with Gasteiger partial charge in [0.1, 0.15) is 17.4 Å². The van der Waals surface area contributed by atoms with Gasteiger partial charge < -0.3 is 14.4 Å². The SMILES string of the molecule is C[C@H]1C[C@@]2(CCN1C(=O)OC(C)(C)C)OCC(F)c1cc(Cl)sc12. The van der Waals surface area contributed by atoms with E-state index >= 15 is 0 Å². The van der Waals surface area contributed by atoms with E-state index in [1.807, 2.05) is 27.7 Å². The molecular weight excluding hydrogens is 353 g/mol. The van der Waals surface area contributed by atoms with E-state index in [4.69, 9.17) is 21.1 Å². The van der Waals surface area contributed by atoms with Gasteiger partial charge in [-0.25, -0.2) is 9.18 Å². The van der Waals surface area contributed by atoms with Gasteiger partial charge in [0.05, 0.1) is 10.9 Å². The van der Waals surface area contributed by atoms with Crippen LogP contribution in [0.2, 0.25) is 4.34 Å². The molecule has 3 rings (SSSR count). The predicted octanol–water partition coefficient (Wildman–Crippen LogP) is 5.06. The second kappa shape index (κ2) is 6.15. The highest BCUT2D eigenvalue weighted by molar-refractivity contribution is 7.16. The van der Waals surface area contributed by atoms with E-state index in [9.17, 15) is 9.18 Å². The predicted molar refractivity (Wildman–Crippen MR) is 92.4 cm³/mol. The van der Waals surface area contributed by atoms with Crippen LogP contribution < -0.4 is 0 Å². The molecule has 0 bridgehead atoms. The maximum atomic E-state index is 14.2. The number of rotatable bonds is 0. The first-order valence-electron chi connectivity index (χ1n) is 8.19. The molecule has 1 unspecified atom stereocenters. The molecule has 1 aromatic rings. The first kappa shape index (κ1) is 18.0. The van der Waals surface area contributed by atoms with Crippen LogP contribution in [0.3, 0.4) is 0 Å². The van der Waals surface area contributed by atoms with E-state index in [2.05, 4.69) is 0 Å². The highest BCUT2D eigenvalue weighted by Gasteiger charge is 2.48. The van der Waals surface area contributed by atoms with Gasteiger partial charge in [-0.3, -0.25) is 0 Å². The van der Waals surface area contributed by atoms with E-state index in [1.54, 1.807) is 11.0 Å². The second-order valence-corrected chi connectivity index (χ2v) is 9.27. The fraction of sp³-hybridized carbons (Fsp3) is 0.706. The van der Waals surface area contributed by atoms with Crippen LogP contribution in [0.25, 0.3) is 0 Å². The van der Waals surface area contributed by atoms with Crippen molar-refractivity contribution < 1.29 is 18.7 Å². The Bertz CT molecular complexity index is 644. The molecule has 0 aliphatic carbocycles. The van der Waals surface area contributed by atoms with Crippen LogP contribution >= 0.6 is 22.9 Å². The largest absolute Gasteiger partial charge is 0.444 e. The quantitative estimate of drug-likeness (QED) is 0.636. The lowest BCUT2D eigenvalue weighted by Gasteiger charge is -2.47. The number of ether oxygens (including phenoxy) is 2. The molecule has 4 nitrogen and oxygen atoms in total. The summed E-state index contributed by atoms with van der Waals surface area (Å²) in [6.45, 7) is 8.09. The Kier molecular flexibility index (Phi) is 4.60. The van der Waals surface area contributed by atoms with Gasteiger partial charge in [-0.15, -0.1) is 11.3 Å². The number of carbonyl (C=O) groups is 1. The summed E-state index contributed by atoms with van der Waals surface area (Å²) >= 11 is 7.51. The lowest BCUT2D eigenvalue weighted by molar-refractivity contribution is -0.126. The Morgan fingerprint density at radius 3 is 2.88 bits per heavy atom. The maximum absolute atomic E-state index is 14.2. The van der Waals surface area contributed by atoms with Crippen molar-refractivity contribution in [2.45, 2.75) is 64.0 Å². The third-order valence-electron chi connectivity index (χ3n) is 4.53. The molecule has 1 aromatic heterocycles. The first-order valence-corrected chi connectivity index (χ1v) is 9.38. The molecule has 3 heterocycles. The monoisotopic (exact) mass is 375 g/mol. The van der Waals surface area contributed by atoms with Crippen LogP contribution in [-0.4, -0.2) is 35.8 Å². The molecule has 1 amide bonds. The van der Waals surface area contributed by atoms with E-state index in [0.29, 0.717) is 29.3 Å². The summed E-state index contributed by atoms with van der Waals surface area (Å²) in [5.74, 6) is 0. The number of nitrogens with zero attached hydrogens (tertiary/aromatic N) is 1. The third-order valence-corrected chi connectivity index (χ3v) is 5.99. The standard InChI is InChI=1S/C17H23ClFNO3S/c1-10-8-17(5-6-20(10)15(21)23-16(2,3)4)14-11(7-13(18)24-14)12(19)9-22-17/h7,10,12H,5-6,8-9H2,1-4H3/t10-,12?,17+/m0/s1. The van der Waals surface area contributed by atoms with Crippen LogP contribution in [0.5, 0.6) is 0 Å². The first-order chi connectivity index (χ1) is 11.1. The van der Waals surface area contributed by atoms with Crippen LogP contribution in [0, 0.1) is 0 Å². The molecule has 24 heavy (non-hydrogen) atoms. The molecule has 0 saturated carbocycles. The van der Waals surface area contributed by atoms with Crippen LogP contribution in [0.15, 0.2) is 6.07 Å². The summed E-state index contributed by atoms with van der Waals surface area (Å²) in [5, 5.41) is 0. The average Bonchev–Trinajstić information content (AvgIpc) is 2.85. The second-order valence-electron chi connectivity index (χ2n) is 7.58. The summed E-state index contributed by atoms with van der Waals surface area (Å²) < 4.78 is 26.2. The van der Waals surface area contributed by atoms with E-state index in [0.717, 1.165) is 4.88 Å². The lowest BCUT2D eigenvalue weighted by atomic mass is 9.82. The van der Waals surface area contributed by atoms with Gasteiger partial charge in [0.15, 0.2) is 0 Å². The topological polar surface area (TPSA) is 38.8 Å². The van der Waals surface area contributed by atoms with Gasteiger partial charge in [-0.2, -0.15) is 0 Å². The van der Waals surface area contributed by atoms with Gasteiger partial charge >= 0.3 is 6.09 Å². The minimum Gasteiger partial charge on any atom is -0.444 e. The number of hydrogen-bond donors (Lipinski definition) is 0. The molecule has 1 fully saturated rings. The number of hydrogen-bond acceptors (Lipinski definition) is 4. The summed E-state index contributed by atoms with van der Waals surface area (Å²) in [6.07, 6.45) is -0.210. The molecular formula is C17H23ClFNO3S. The molecule has 7 heteroatoms. The van der Waals surface area contributed by atoms with Gasteiger partial charge in [0, 0.05) is 29.4 Å². The fourth-order valence-corrected chi connectivity index (χ4v) is 4.96. The van der Waals surface area contributed by atoms with Gasteiger partial charge in [-0.05, 0) is 40.2 Å². The Labute approximate surface area is 150 Å². The Hall–Kier alpha value is -0.850. The summed E-state index contributed by atoms with van der Waals surface area (Å²) in [6, 6.07) is 1.65. The van der Waals surface area contributed by atoms with Gasteiger partial charge in [-0.1, -0.05) is 11.6 Å². The molecule has 0 N–H and O–H groups in total. The number of amides is 1. The molecule has 0 aromatic carbocycles. The molecule has 1 spiro atoms. The van der Waals surface area contributed by atoms with Crippen molar-refractivity contribution in [1.29, 1.82) is 0 Å². The van der Waals surface area contributed by atoms with Crippen molar-refractivity contribution in [3.8, 4) is 0 Å². The maximum Gasteiger partial charge on any atom is 0.410 e. The fourth-order valence-electron chi connectivity index (χ4n) is 3.49. The minimum absolute atomic E-state index is 0.0409. The summed E-state index contributed by atoms with van der Waals surface area (Å²) in [7, 11) is 0. The van der Waals surface area contributed by atoms with Gasteiger partial charge in [0.2, 0.25) is 0 Å². The molecule has 3 atom stereocenters. The third kappa shape index (κ3) is 3.28. The number of likely N-dealkylation sites (tertiary alicyclic amines) is 1. The number of carbonyl (C=O) groups excluding carboxylic acids is 1. The zero-order chi connectivity index (χ0) is 17.7. The normalized spacial score (nSPS) is 30.3. The summed E-state index contributed by atoms with van der Waals surface area (Å²) in [4.78, 5) is 15.0. The Morgan fingerprint density at radius 2 is 2.25 bits per heavy atom. The van der Waals surface area contributed by atoms with Crippen molar-refractivity contribution in [2.24, 2.45) is 0 Å². The highest BCUT2D eigenvalue weighted by Crippen LogP contribution is 2.51. The van der Waals surface area contributed by atoms with Crippen molar-refractivity contribution in [1.82, 2.24) is 4.90 Å². The number of fused-ring (bicyclic) bond motifs is 2. The van der Waals surface area contributed by atoms with Crippen molar-refractivity contribution >= 4 is 29.0 Å². The zero-order valence-electron chi connectivity index (χ0n) is 14.4. The van der Waals surface area contributed by atoms with E-state index < -0.39 is 17.4 Å². The molecule has 1 saturated heterocycles. The van der Waals surface area contributed by atoms with Crippen molar-refractivity contribution in [3.63, 3.8) is 0 Å². The van der Waals surface area contributed by atoms with E-state index in [-0.39, 0.29) is 18.7 Å². The smallest absolute Gasteiger partial charge is 0.410 e. The number of halogens is 2. The Morgan fingerprint density at radius 1 is 1.54 bits per heavy atom. The lowest BCUT2D eigenvalue weighted by Crippen LogP contribution is -2.53. The van der Waals surface area contributed by atoms with Crippen molar-refractivity contribution in [2.75, 3.05) is 13.2 Å². The van der Waals surface area contributed by atoms with Crippen LogP contribution in [-0.2, 0) is 15.1 Å². The molecule has 134 valence electrons. The Balaban J connectivity index is 1.80. The molecule has 0 radical (unpaired) electrons. The summed E-state index contributed by atoms with van der Waals surface area (Å²) in [5.41, 5.74) is -0.425. The van der Waals surface area contributed by atoms with Crippen LogP contribution in [0.4, 0.5) is 9.18 Å². The highest BCUT2D eigenvalue weighted by atomic mass is 35.5. The number of alkyl halides is 1. The number of piperidine rings is 1. The zero-order valence-corrected chi connectivity index (χ0v) is 16.0. The minimum atomic E-state index is -1.13. The molecule has 2 aliphatic heterocycles. The van der Waals surface area contributed by atoms with Crippen LogP contribution in [0.1, 0.15) is 57.1 Å². The average molecular weight is 376 g/mol. The molecule has 2 aliphatic rings. The number of thiophene rings is 1. The van der Waals surface area contributed by atoms with E-state index in [1.165, 1.54) is 11.3 Å².